The Hall–Kier alpha value is -1.37. The van der Waals surface area contributed by atoms with Gasteiger partial charge in [0.25, 0.3) is 5.91 Å². The molecule has 28 heavy (non-hydrogen) atoms. The summed E-state index contributed by atoms with van der Waals surface area (Å²) >= 11 is 0. The highest BCUT2D eigenvalue weighted by atomic mass is 35.5. The number of nitrogens with one attached hydrogen (secondary N) is 1. The van der Waals surface area contributed by atoms with Crippen LogP contribution < -0.4 is 5.32 Å². The molecule has 0 radical (unpaired) electrons. The Labute approximate surface area is 180 Å². The highest BCUT2D eigenvalue weighted by molar-refractivity contribution is 6.06. The van der Waals surface area contributed by atoms with Crippen LogP contribution in [0.5, 0.6) is 0 Å². The number of halogens is 2. The molecule has 0 bridgehead atoms. The second kappa shape index (κ2) is 8.97. The molecule has 158 valence electrons. The average molecular weight is 430 g/mol. The van der Waals surface area contributed by atoms with Crippen molar-refractivity contribution in [3.63, 3.8) is 0 Å². The van der Waals surface area contributed by atoms with Gasteiger partial charge in [0.2, 0.25) is 0 Å². The van der Waals surface area contributed by atoms with Gasteiger partial charge in [0, 0.05) is 31.4 Å². The van der Waals surface area contributed by atoms with E-state index in [1.807, 2.05) is 22.6 Å². The van der Waals surface area contributed by atoms with Crippen molar-refractivity contribution in [1.82, 2.24) is 25.0 Å². The summed E-state index contributed by atoms with van der Waals surface area (Å²) in [5.41, 5.74) is 3.16. The Morgan fingerprint density at radius 3 is 2.46 bits per heavy atom. The van der Waals surface area contributed by atoms with Crippen LogP contribution in [0.1, 0.15) is 69.2 Å². The molecule has 0 saturated carbocycles. The molecule has 3 heterocycles. The fourth-order valence-corrected chi connectivity index (χ4v) is 3.54. The van der Waals surface area contributed by atoms with E-state index in [0.29, 0.717) is 0 Å². The highest BCUT2D eigenvalue weighted by Crippen LogP contribution is 2.30. The minimum Gasteiger partial charge on any atom is -0.333 e. The van der Waals surface area contributed by atoms with E-state index in [9.17, 15) is 4.79 Å². The summed E-state index contributed by atoms with van der Waals surface area (Å²) in [6.45, 7) is 17.0. The first-order valence-electron chi connectivity index (χ1n) is 9.53. The number of carbonyl (C=O) groups is 1. The number of nitrogens with zero attached hydrogens (tertiary/aromatic N) is 4. The molecule has 1 unspecified atom stereocenters. The second-order valence-electron chi connectivity index (χ2n) is 8.67. The highest BCUT2D eigenvalue weighted by Gasteiger charge is 2.29. The van der Waals surface area contributed by atoms with Crippen molar-refractivity contribution in [2.75, 3.05) is 19.6 Å². The molecule has 1 aliphatic heterocycles. The Balaban J connectivity index is 0.00000196. The summed E-state index contributed by atoms with van der Waals surface area (Å²) in [5, 5.41) is 8.98. The monoisotopic (exact) mass is 429 g/mol. The Morgan fingerprint density at radius 2 is 1.93 bits per heavy atom. The van der Waals surface area contributed by atoms with Crippen LogP contribution in [-0.2, 0) is 5.54 Å². The van der Waals surface area contributed by atoms with E-state index in [-0.39, 0.29) is 48.2 Å². The third kappa shape index (κ3) is 4.44. The maximum Gasteiger partial charge on any atom is 0.255 e. The minimum absolute atomic E-state index is 0. The number of hydrogen-bond donors (Lipinski definition) is 1. The summed E-state index contributed by atoms with van der Waals surface area (Å²) in [4.78, 5) is 20.3. The number of fused-ring (bicyclic) bond motifs is 1. The number of carbonyl (C=O) groups excluding carboxylic acids is 1. The van der Waals surface area contributed by atoms with Crippen LogP contribution in [0.3, 0.4) is 0 Å². The molecule has 8 heteroatoms. The Morgan fingerprint density at radius 1 is 1.29 bits per heavy atom. The number of aromatic nitrogens is 3. The van der Waals surface area contributed by atoms with E-state index in [0.717, 1.165) is 47.6 Å². The van der Waals surface area contributed by atoms with Gasteiger partial charge in [-0.3, -0.25) is 4.79 Å². The lowest BCUT2D eigenvalue weighted by Crippen LogP contribution is -2.52. The first kappa shape index (κ1) is 24.7. The molecule has 0 spiro atoms. The van der Waals surface area contributed by atoms with E-state index in [1.54, 1.807) is 0 Å². The van der Waals surface area contributed by atoms with Gasteiger partial charge in [-0.2, -0.15) is 5.10 Å². The maximum atomic E-state index is 13.4. The number of pyridine rings is 1. The van der Waals surface area contributed by atoms with Crippen molar-refractivity contribution in [3.8, 4) is 0 Å². The molecular formula is C20H33Cl2N5O. The van der Waals surface area contributed by atoms with Crippen LogP contribution in [0.2, 0.25) is 0 Å². The molecule has 1 atom stereocenters. The average Bonchev–Trinajstić information content (AvgIpc) is 2.91. The molecule has 2 aromatic rings. The number of aryl methyl sites for hydroxylation is 1. The zero-order valence-electron chi connectivity index (χ0n) is 17.9. The van der Waals surface area contributed by atoms with E-state index < -0.39 is 0 Å². The van der Waals surface area contributed by atoms with Crippen molar-refractivity contribution >= 4 is 41.8 Å². The second-order valence-corrected chi connectivity index (χ2v) is 8.67. The van der Waals surface area contributed by atoms with Gasteiger partial charge in [-0.15, -0.1) is 24.8 Å². The first-order chi connectivity index (χ1) is 12.1. The number of rotatable bonds is 2. The smallest absolute Gasteiger partial charge is 0.255 e. The maximum absolute atomic E-state index is 13.4. The van der Waals surface area contributed by atoms with Crippen LogP contribution >= 0.6 is 24.8 Å². The van der Waals surface area contributed by atoms with Gasteiger partial charge in [-0.25, -0.2) is 9.67 Å². The fraction of sp³-hybridized carbons (Fsp3) is 0.650. The van der Waals surface area contributed by atoms with Crippen molar-refractivity contribution in [2.24, 2.45) is 0 Å². The van der Waals surface area contributed by atoms with Crippen LogP contribution in [0.25, 0.3) is 11.0 Å². The van der Waals surface area contributed by atoms with Gasteiger partial charge in [-0.05, 0) is 46.6 Å². The lowest BCUT2D eigenvalue weighted by Gasteiger charge is -2.34. The molecular weight excluding hydrogens is 397 g/mol. The van der Waals surface area contributed by atoms with Crippen molar-refractivity contribution in [1.29, 1.82) is 0 Å². The molecule has 1 amide bonds. The number of amides is 1. The fourth-order valence-electron chi connectivity index (χ4n) is 3.54. The van der Waals surface area contributed by atoms with Crippen molar-refractivity contribution < 1.29 is 4.79 Å². The molecule has 3 rings (SSSR count). The predicted octanol–water partition coefficient (Wildman–Crippen LogP) is 3.90. The number of hydrogen-bond acceptors (Lipinski definition) is 4. The molecule has 6 nitrogen and oxygen atoms in total. The van der Waals surface area contributed by atoms with E-state index in [1.165, 1.54) is 0 Å². The molecule has 0 aliphatic carbocycles. The van der Waals surface area contributed by atoms with Crippen LogP contribution in [0.4, 0.5) is 0 Å². The normalized spacial score (nSPS) is 17.4. The van der Waals surface area contributed by atoms with Gasteiger partial charge >= 0.3 is 0 Å². The van der Waals surface area contributed by atoms with Gasteiger partial charge in [0.15, 0.2) is 5.65 Å². The van der Waals surface area contributed by atoms with Gasteiger partial charge < -0.3 is 10.2 Å². The van der Waals surface area contributed by atoms with Gasteiger partial charge in [0.05, 0.1) is 22.2 Å². The summed E-state index contributed by atoms with van der Waals surface area (Å²) in [5.74, 6) is 0.333. The predicted molar refractivity (Wildman–Crippen MR) is 119 cm³/mol. The lowest BCUT2D eigenvalue weighted by molar-refractivity contribution is 0.0657. The summed E-state index contributed by atoms with van der Waals surface area (Å²) in [6, 6.07) is 2.16. The third-order valence-corrected chi connectivity index (χ3v) is 5.05. The molecule has 1 saturated heterocycles. The van der Waals surface area contributed by atoms with E-state index in [2.05, 4.69) is 46.9 Å². The van der Waals surface area contributed by atoms with E-state index >= 15 is 0 Å². The zero-order chi connectivity index (χ0) is 19.2. The molecule has 0 aromatic carbocycles. The quantitative estimate of drug-likeness (QED) is 0.785. The summed E-state index contributed by atoms with van der Waals surface area (Å²) in [7, 11) is 0. The first-order valence-corrected chi connectivity index (χ1v) is 9.53. The van der Waals surface area contributed by atoms with Crippen LogP contribution in [-0.4, -0.2) is 51.2 Å². The lowest BCUT2D eigenvalue weighted by atomic mass is 10.0. The van der Waals surface area contributed by atoms with Crippen molar-refractivity contribution in [3.05, 3.63) is 23.0 Å². The third-order valence-electron chi connectivity index (χ3n) is 5.05. The topological polar surface area (TPSA) is 63.1 Å². The van der Waals surface area contributed by atoms with Gasteiger partial charge in [0.1, 0.15) is 0 Å². The van der Waals surface area contributed by atoms with Crippen LogP contribution in [0, 0.1) is 6.92 Å². The minimum atomic E-state index is -0.197. The number of piperazine rings is 1. The summed E-state index contributed by atoms with van der Waals surface area (Å²) in [6.07, 6.45) is 0. The summed E-state index contributed by atoms with van der Waals surface area (Å²) < 4.78 is 1.96. The molecule has 1 aliphatic rings. The molecule has 1 fully saturated rings. The van der Waals surface area contributed by atoms with Gasteiger partial charge in [-0.1, -0.05) is 13.8 Å². The van der Waals surface area contributed by atoms with Crippen LogP contribution in [0.15, 0.2) is 6.07 Å². The van der Waals surface area contributed by atoms with E-state index in [4.69, 9.17) is 10.1 Å². The zero-order valence-corrected chi connectivity index (χ0v) is 19.5. The Bertz CT molecular complexity index is 841. The SMILES string of the molecule is Cc1nn(C(C)(C)C)c2nc(C(C)C)cc(C(=O)N3CCNCC3C)c12.Cl.Cl. The standard InChI is InChI=1S/C20H31N5O.2ClH/c1-12(2)16-10-15(19(26)24-9-8-21-11-13(24)3)17-14(4)23-25(18(17)22-16)20(5,6)7;;/h10,12-13,21H,8-9,11H2,1-7H3;2*1H. The largest absolute Gasteiger partial charge is 0.333 e. The molecule has 2 aromatic heterocycles. The molecule has 1 N–H and O–H groups in total. The Kier molecular flexibility index (Phi) is 7.90. The van der Waals surface area contributed by atoms with Crippen molar-refractivity contribution in [2.45, 2.75) is 66.0 Å².